The molecule has 0 fully saturated rings. The fourth-order valence-electron chi connectivity index (χ4n) is 2.17. The van der Waals surface area contributed by atoms with Crippen LogP contribution in [0.15, 0.2) is 30.3 Å². The molecule has 24 heavy (non-hydrogen) atoms. The Morgan fingerprint density at radius 1 is 0.875 bits per heavy atom. The highest BCUT2D eigenvalue weighted by atomic mass is 35.5. The van der Waals surface area contributed by atoms with Gasteiger partial charge in [-0.1, -0.05) is 11.6 Å². The van der Waals surface area contributed by atoms with Crippen LogP contribution in [0.25, 0.3) is 0 Å². The molecule has 0 unspecified atom stereocenters. The lowest BCUT2D eigenvalue weighted by Gasteiger charge is -2.15. The Morgan fingerprint density at radius 2 is 1.46 bits per heavy atom. The van der Waals surface area contributed by atoms with Crippen LogP contribution in [0.3, 0.4) is 0 Å². The zero-order valence-corrected chi connectivity index (χ0v) is 14.6. The first-order valence-corrected chi connectivity index (χ1v) is 7.36. The first kappa shape index (κ1) is 17.7. The number of carbonyl (C=O) groups excluding carboxylic acids is 1. The van der Waals surface area contributed by atoms with Gasteiger partial charge in [0.2, 0.25) is 5.75 Å². The van der Waals surface area contributed by atoms with E-state index in [2.05, 4.69) is 5.32 Å². The number of nitrogens with one attached hydrogen (secondary N) is 1. The molecule has 0 heterocycles. The molecule has 128 valence electrons. The number of carbonyl (C=O) groups is 1. The summed E-state index contributed by atoms with van der Waals surface area (Å²) in [7, 11) is 5.97. The van der Waals surface area contributed by atoms with Crippen LogP contribution in [-0.4, -0.2) is 34.3 Å². The highest BCUT2D eigenvalue weighted by Gasteiger charge is 2.18. The summed E-state index contributed by atoms with van der Waals surface area (Å²) in [5.41, 5.74) is 0.849. The van der Waals surface area contributed by atoms with Crippen molar-refractivity contribution < 1.29 is 23.7 Å². The second kappa shape index (κ2) is 7.79. The number of ether oxygens (including phenoxy) is 4. The Balaban J connectivity index is 2.36. The summed E-state index contributed by atoms with van der Waals surface area (Å²) in [6.07, 6.45) is 0. The molecule has 0 atom stereocenters. The van der Waals surface area contributed by atoms with E-state index < -0.39 is 0 Å². The van der Waals surface area contributed by atoms with Gasteiger partial charge in [0.25, 0.3) is 5.91 Å². The van der Waals surface area contributed by atoms with Gasteiger partial charge in [-0.05, 0) is 24.3 Å². The number of methoxy groups -OCH3 is 4. The van der Waals surface area contributed by atoms with Gasteiger partial charge in [-0.2, -0.15) is 0 Å². The number of halogens is 1. The van der Waals surface area contributed by atoms with E-state index in [4.69, 9.17) is 30.5 Å². The molecule has 0 saturated carbocycles. The molecular weight excluding hydrogens is 334 g/mol. The number of anilines is 1. The fourth-order valence-corrected chi connectivity index (χ4v) is 2.34. The molecule has 0 aliphatic rings. The van der Waals surface area contributed by atoms with Crippen LogP contribution >= 0.6 is 11.6 Å². The number of hydrogen-bond donors (Lipinski definition) is 1. The van der Waals surface area contributed by atoms with Crippen molar-refractivity contribution >= 4 is 23.2 Å². The Bertz CT molecular complexity index is 723. The lowest BCUT2D eigenvalue weighted by Crippen LogP contribution is -2.13. The molecule has 6 nitrogen and oxygen atoms in total. The highest BCUT2D eigenvalue weighted by molar-refractivity contribution is 6.30. The number of amides is 1. The van der Waals surface area contributed by atoms with Gasteiger partial charge < -0.3 is 24.3 Å². The van der Waals surface area contributed by atoms with Crippen molar-refractivity contribution in [3.8, 4) is 23.0 Å². The molecule has 2 aromatic carbocycles. The first-order valence-electron chi connectivity index (χ1n) is 6.99. The third kappa shape index (κ3) is 3.65. The van der Waals surface area contributed by atoms with Crippen LogP contribution in [-0.2, 0) is 0 Å². The van der Waals surface area contributed by atoms with E-state index in [9.17, 15) is 4.79 Å². The molecule has 0 aromatic heterocycles. The van der Waals surface area contributed by atoms with Gasteiger partial charge in [0.1, 0.15) is 5.75 Å². The van der Waals surface area contributed by atoms with Crippen molar-refractivity contribution in [2.45, 2.75) is 0 Å². The number of rotatable bonds is 6. The Labute approximate surface area is 145 Å². The second-order valence-electron chi connectivity index (χ2n) is 4.71. The minimum atomic E-state index is -0.352. The summed E-state index contributed by atoms with van der Waals surface area (Å²) in [4.78, 5) is 12.6. The first-order chi connectivity index (χ1) is 11.5. The van der Waals surface area contributed by atoms with Gasteiger partial charge >= 0.3 is 0 Å². The van der Waals surface area contributed by atoms with Crippen molar-refractivity contribution in [2.24, 2.45) is 0 Å². The summed E-state index contributed by atoms with van der Waals surface area (Å²) in [5, 5.41) is 3.28. The van der Waals surface area contributed by atoms with E-state index in [0.717, 1.165) is 0 Å². The third-order valence-electron chi connectivity index (χ3n) is 3.34. The quantitative estimate of drug-likeness (QED) is 0.860. The highest BCUT2D eigenvalue weighted by Crippen LogP contribution is 2.38. The molecule has 0 radical (unpaired) electrons. The standard InChI is InChI=1S/C17H18ClNO5/c1-21-13-9-11(18)5-6-12(13)19-17(20)10-7-14(22-2)16(24-4)15(8-10)23-3/h5-9H,1-4H3,(H,19,20). The fraction of sp³-hybridized carbons (Fsp3) is 0.235. The molecule has 0 bridgehead atoms. The Kier molecular flexibility index (Phi) is 5.76. The largest absolute Gasteiger partial charge is 0.495 e. The molecule has 0 saturated heterocycles. The van der Waals surface area contributed by atoms with Gasteiger partial charge in [-0.3, -0.25) is 4.79 Å². The van der Waals surface area contributed by atoms with Crippen LogP contribution in [0.4, 0.5) is 5.69 Å². The maximum absolute atomic E-state index is 12.6. The van der Waals surface area contributed by atoms with Crippen LogP contribution < -0.4 is 24.3 Å². The van der Waals surface area contributed by atoms with E-state index >= 15 is 0 Å². The molecule has 1 amide bonds. The maximum Gasteiger partial charge on any atom is 0.256 e. The monoisotopic (exact) mass is 351 g/mol. The predicted molar refractivity (Wildman–Crippen MR) is 92.1 cm³/mol. The summed E-state index contributed by atoms with van der Waals surface area (Å²) < 4.78 is 21.0. The summed E-state index contributed by atoms with van der Waals surface area (Å²) in [6.45, 7) is 0. The molecule has 0 aliphatic heterocycles. The van der Waals surface area contributed by atoms with Crippen molar-refractivity contribution in [1.29, 1.82) is 0 Å². The summed E-state index contributed by atoms with van der Waals surface area (Å²) >= 11 is 5.92. The van der Waals surface area contributed by atoms with Crippen molar-refractivity contribution in [3.05, 3.63) is 40.9 Å². The minimum Gasteiger partial charge on any atom is -0.495 e. The van der Waals surface area contributed by atoms with Gasteiger partial charge in [-0.15, -0.1) is 0 Å². The average Bonchev–Trinajstić information content (AvgIpc) is 2.61. The van der Waals surface area contributed by atoms with Crippen LogP contribution in [0.2, 0.25) is 5.02 Å². The van der Waals surface area contributed by atoms with Gasteiger partial charge in [0.05, 0.1) is 34.1 Å². The zero-order valence-electron chi connectivity index (χ0n) is 13.8. The minimum absolute atomic E-state index is 0.349. The Morgan fingerprint density at radius 3 is 1.96 bits per heavy atom. The van der Waals surface area contributed by atoms with E-state index in [0.29, 0.717) is 39.3 Å². The normalized spacial score (nSPS) is 10.0. The predicted octanol–water partition coefficient (Wildman–Crippen LogP) is 3.63. The Hall–Kier alpha value is -2.60. The second-order valence-corrected chi connectivity index (χ2v) is 5.15. The van der Waals surface area contributed by atoms with Crippen molar-refractivity contribution in [3.63, 3.8) is 0 Å². The van der Waals surface area contributed by atoms with E-state index in [1.54, 1.807) is 30.3 Å². The molecule has 2 rings (SSSR count). The third-order valence-corrected chi connectivity index (χ3v) is 3.57. The lowest BCUT2D eigenvalue weighted by molar-refractivity contribution is 0.102. The SMILES string of the molecule is COc1cc(Cl)ccc1NC(=O)c1cc(OC)c(OC)c(OC)c1. The molecular formula is C17H18ClNO5. The number of benzene rings is 2. The lowest BCUT2D eigenvalue weighted by atomic mass is 10.1. The smallest absolute Gasteiger partial charge is 0.256 e. The molecule has 1 N–H and O–H groups in total. The van der Waals surface area contributed by atoms with Crippen LogP contribution in [0, 0.1) is 0 Å². The van der Waals surface area contributed by atoms with Gasteiger partial charge in [0.15, 0.2) is 11.5 Å². The topological polar surface area (TPSA) is 66.0 Å². The van der Waals surface area contributed by atoms with Crippen molar-refractivity contribution in [1.82, 2.24) is 0 Å². The van der Waals surface area contributed by atoms with Crippen LogP contribution in [0.5, 0.6) is 23.0 Å². The van der Waals surface area contributed by atoms with Crippen molar-refractivity contribution in [2.75, 3.05) is 33.8 Å². The molecule has 0 spiro atoms. The van der Waals surface area contributed by atoms with Gasteiger partial charge in [-0.25, -0.2) is 0 Å². The average molecular weight is 352 g/mol. The molecule has 2 aromatic rings. The summed E-state index contributed by atoms with van der Waals surface area (Å²) in [5.74, 6) is 1.31. The van der Waals surface area contributed by atoms with Crippen LogP contribution in [0.1, 0.15) is 10.4 Å². The zero-order chi connectivity index (χ0) is 17.7. The summed E-state index contributed by atoms with van der Waals surface area (Å²) in [6, 6.07) is 8.08. The van der Waals surface area contributed by atoms with E-state index in [1.165, 1.54) is 28.4 Å². The molecule has 7 heteroatoms. The maximum atomic E-state index is 12.6. The molecule has 0 aliphatic carbocycles. The van der Waals surface area contributed by atoms with E-state index in [-0.39, 0.29) is 5.91 Å². The van der Waals surface area contributed by atoms with E-state index in [1.807, 2.05) is 0 Å². The van der Waals surface area contributed by atoms with Gasteiger partial charge in [0, 0.05) is 16.7 Å². The number of hydrogen-bond acceptors (Lipinski definition) is 5.